The molecule has 0 unspecified atom stereocenters. The summed E-state index contributed by atoms with van der Waals surface area (Å²) in [6.45, 7) is 2.18. The van der Waals surface area contributed by atoms with E-state index in [0.717, 1.165) is 41.4 Å². The zero-order valence-corrected chi connectivity index (χ0v) is 13.2. The number of hydrazine groups is 1. The Morgan fingerprint density at radius 2 is 1.91 bits per heavy atom. The summed E-state index contributed by atoms with van der Waals surface area (Å²) < 4.78 is 0. The van der Waals surface area contributed by atoms with Gasteiger partial charge in [-0.25, -0.2) is 5.84 Å². The molecule has 0 aliphatic carbocycles. The van der Waals surface area contributed by atoms with Crippen LogP contribution in [0.4, 0.5) is 0 Å². The molecule has 1 heterocycles. The first-order valence-corrected chi connectivity index (χ1v) is 7.96. The number of aromatic nitrogens is 1. The molecule has 4 N–H and O–H groups in total. The number of para-hydroxylation sites is 1. The first kappa shape index (κ1) is 15.3. The van der Waals surface area contributed by atoms with E-state index >= 15 is 0 Å². The zero-order chi connectivity index (χ0) is 16.2. The number of aromatic amines is 1. The highest BCUT2D eigenvalue weighted by Gasteiger charge is 2.17. The number of benzene rings is 2. The predicted octanol–water partition coefficient (Wildman–Crippen LogP) is 3.78. The van der Waals surface area contributed by atoms with Gasteiger partial charge < -0.3 is 4.98 Å². The van der Waals surface area contributed by atoms with Crippen molar-refractivity contribution in [2.75, 3.05) is 0 Å². The molecular weight excluding hydrogens is 286 g/mol. The number of carbonyl (C=O) groups is 1. The van der Waals surface area contributed by atoms with E-state index in [1.807, 2.05) is 24.3 Å². The summed E-state index contributed by atoms with van der Waals surface area (Å²) in [6, 6.07) is 16.0. The van der Waals surface area contributed by atoms with Gasteiger partial charge in [-0.1, -0.05) is 55.8 Å². The quantitative estimate of drug-likeness (QED) is 0.381. The number of hydrogen-bond donors (Lipinski definition) is 3. The van der Waals surface area contributed by atoms with Crippen molar-refractivity contribution in [1.82, 2.24) is 10.4 Å². The zero-order valence-electron chi connectivity index (χ0n) is 13.2. The third-order valence-electron chi connectivity index (χ3n) is 4.16. The molecule has 0 spiro atoms. The van der Waals surface area contributed by atoms with Gasteiger partial charge in [-0.15, -0.1) is 0 Å². The fourth-order valence-corrected chi connectivity index (χ4v) is 3.00. The Morgan fingerprint density at radius 3 is 2.61 bits per heavy atom. The summed E-state index contributed by atoms with van der Waals surface area (Å²) in [4.78, 5) is 15.5. The van der Waals surface area contributed by atoms with E-state index in [1.54, 1.807) is 6.07 Å². The van der Waals surface area contributed by atoms with Crippen molar-refractivity contribution in [3.63, 3.8) is 0 Å². The van der Waals surface area contributed by atoms with E-state index in [1.165, 1.54) is 5.56 Å². The number of nitrogens with one attached hydrogen (secondary N) is 2. The van der Waals surface area contributed by atoms with Crippen molar-refractivity contribution < 1.29 is 4.79 Å². The highest BCUT2D eigenvalue weighted by Crippen LogP contribution is 2.33. The molecule has 0 radical (unpaired) electrons. The van der Waals surface area contributed by atoms with Gasteiger partial charge in [0.2, 0.25) is 0 Å². The van der Waals surface area contributed by atoms with Gasteiger partial charge in [0, 0.05) is 11.1 Å². The van der Waals surface area contributed by atoms with E-state index in [0.29, 0.717) is 5.56 Å². The summed E-state index contributed by atoms with van der Waals surface area (Å²) in [5.74, 6) is 5.04. The van der Waals surface area contributed by atoms with Crippen molar-refractivity contribution in [3.8, 4) is 11.3 Å². The number of nitrogen functional groups attached to an aromatic ring is 1. The van der Waals surface area contributed by atoms with Crippen LogP contribution in [-0.2, 0) is 6.42 Å². The molecule has 0 aliphatic rings. The molecule has 1 amide bonds. The monoisotopic (exact) mass is 307 g/mol. The second-order valence-corrected chi connectivity index (χ2v) is 5.65. The van der Waals surface area contributed by atoms with E-state index in [-0.39, 0.29) is 5.91 Å². The summed E-state index contributed by atoms with van der Waals surface area (Å²) in [6.07, 6.45) is 3.22. The summed E-state index contributed by atoms with van der Waals surface area (Å²) >= 11 is 0. The SMILES string of the molecule is CCCCc1c(-c2ccccc2)[nH]c2c(C(=O)NN)cccc12. The van der Waals surface area contributed by atoms with Crippen LogP contribution < -0.4 is 11.3 Å². The molecule has 118 valence electrons. The number of fused-ring (bicyclic) bond motifs is 1. The Balaban J connectivity index is 2.24. The first-order chi connectivity index (χ1) is 11.3. The van der Waals surface area contributed by atoms with Gasteiger partial charge in [0.25, 0.3) is 5.91 Å². The second kappa shape index (κ2) is 6.67. The number of hydrogen-bond acceptors (Lipinski definition) is 2. The van der Waals surface area contributed by atoms with Crippen molar-refractivity contribution in [2.24, 2.45) is 5.84 Å². The Hall–Kier alpha value is -2.59. The highest BCUT2D eigenvalue weighted by molar-refractivity contribution is 6.07. The van der Waals surface area contributed by atoms with Gasteiger partial charge in [0.1, 0.15) is 0 Å². The molecule has 0 aliphatic heterocycles. The summed E-state index contributed by atoms with van der Waals surface area (Å²) in [5, 5.41) is 1.10. The third-order valence-corrected chi connectivity index (χ3v) is 4.16. The fraction of sp³-hybridized carbons (Fsp3) is 0.211. The minimum atomic E-state index is -0.279. The maximum atomic E-state index is 12.0. The van der Waals surface area contributed by atoms with Crippen LogP contribution in [0.3, 0.4) is 0 Å². The van der Waals surface area contributed by atoms with Crippen molar-refractivity contribution in [1.29, 1.82) is 0 Å². The first-order valence-electron chi connectivity index (χ1n) is 7.96. The van der Waals surface area contributed by atoms with Crippen LogP contribution in [0.15, 0.2) is 48.5 Å². The topological polar surface area (TPSA) is 70.9 Å². The molecule has 23 heavy (non-hydrogen) atoms. The molecule has 1 aromatic heterocycles. The fourth-order valence-electron chi connectivity index (χ4n) is 3.00. The summed E-state index contributed by atoms with van der Waals surface area (Å²) in [5.41, 5.74) is 7.13. The maximum absolute atomic E-state index is 12.0. The number of rotatable bonds is 5. The molecule has 0 saturated heterocycles. The number of aryl methyl sites for hydroxylation is 1. The third kappa shape index (κ3) is 2.85. The van der Waals surface area contributed by atoms with E-state index < -0.39 is 0 Å². The lowest BCUT2D eigenvalue weighted by Crippen LogP contribution is -2.30. The van der Waals surface area contributed by atoms with Crippen LogP contribution in [0.5, 0.6) is 0 Å². The number of nitrogens with two attached hydrogens (primary N) is 1. The largest absolute Gasteiger partial charge is 0.354 e. The second-order valence-electron chi connectivity index (χ2n) is 5.65. The van der Waals surface area contributed by atoms with Gasteiger partial charge in [0.15, 0.2) is 0 Å². The average molecular weight is 307 g/mol. The number of carbonyl (C=O) groups excluding carboxylic acids is 1. The average Bonchev–Trinajstić information content (AvgIpc) is 2.98. The lowest BCUT2D eigenvalue weighted by Gasteiger charge is -2.04. The molecule has 4 nitrogen and oxygen atoms in total. The van der Waals surface area contributed by atoms with Crippen LogP contribution in [0.2, 0.25) is 0 Å². The van der Waals surface area contributed by atoms with Crippen LogP contribution in [-0.4, -0.2) is 10.9 Å². The van der Waals surface area contributed by atoms with Gasteiger partial charge in [-0.2, -0.15) is 0 Å². The molecule has 0 saturated carbocycles. The molecule has 4 heteroatoms. The van der Waals surface area contributed by atoms with Crippen LogP contribution >= 0.6 is 0 Å². The lowest BCUT2D eigenvalue weighted by atomic mass is 9.99. The summed E-state index contributed by atoms with van der Waals surface area (Å²) in [7, 11) is 0. The van der Waals surface area contributed by atoms with Crippen LogP contribution in [0.1, 0.15) is 35.7 Å². The Bertz CT molecular complexity index is 821. The molecule has 0 bridgehead atoms. The van der Waals surface area contributed by atoms with Gasteiger partial charge in [-0.05, 0) is 30.0 Å². The number of unbranched alkanes of at least 4 members (excludes halogenated alkanes) is 1. The molecule has 3 aromatic rings. The number of H-pyrrole nitrogens is 1. The maximum Gasteiger partial charge on any atom is 0.267 e. The van der Waals surface area contributed by atoms with E-state index in [2.05, 4.69) is 35.5 Å². The minimum absolute atomic E-state index is 0.279. The van der Waals surface area contributed by atoms with Gasteiger partial charge >= 0.3 is 0 Å². The van der Waals surface area contributed by atoms with Crippen molar-refractivity contribution in [2.45, 2.75) is 26.2 Å². The normalized spacial score (nSPS) is 10.9. The van der Waals surface area contributed by atoms with Crippen LogP contribution in [0.25, 0.3) is 22.2 Å². The van der Waals surface area contributed by atoms with Crippen molar-refractivity contribution in [3.05, 3.63) is 59.7 Å². The molecule has 0 atom stereocenters. The lowest BCUT2D eigenvalue weighted by molar-refractivity contribution is 0.0955. The predicted molar refractivity (Wildman–Crippen MR) is 94.0 cm³/mol. The molecule has 0 fully saturated rings. The van der Waals surface area contributed by atoms with Crippen molar-refractivity contribution >= 4 is 16.8 Å². The number of amides is 1. The van der Waals surface area contributed by atoms with Gasteiger partial charge in [-0.3, -0.25) is 10.2 Å². The Labute approximate surface area is 135 Å². The minimum Gasteiger partial charge on any atom is -0.354 e. The molecule has 2 aromatic carbocycles. The molecule has 3 rings (SSSR count). The van der Waals surface area contributed by atoms with E-state index in [9.17, 15) is 4.79 Å². The highest BCUT2D eigenvalue weighted by atomic mass is 16.2. The Kier molecular flexibility index (Phi) is 4.44. The molecular formula is C19H21N3O. The van der Waals surface area contributed by atoms with E-state index in [4.69, 9.17) is 5.84 Å². The van der Waals surface area contributed by atoms with Crippen LogP contribution in [0, 0.1) is 0 Å². The van der Waals surface area contributed by atoms with Gasteiger partial charge in [0.05, 0.1) is 11.1 Å². The smallest absolute Gasteiger partial charge is 0.267 e. The standard InChI is InChI=1S/C19H21N3O/c1-2-3-10-14-15-11-7-12-16(19(23)22-20)18(15)21-17(14)13-8-5-4-6-9-13/h4-9,11-12,21H,2-3,10,20H2,1H3,(H,22,23). The Morgan fingerprint density at radius 1 is 1.13 bits per heavy atom.